The summed E-state index contributed by atoms with van der Waals surface area (Å²) in [5.74, 6) is -3.18. The van der Waals surface area contributed by atoms with E-state index < -0.39 is 25.1 Å². The number of aliphatic hydroxyl groups is 1. The zero-order valence-corrected chi connectivity index (χ0v) is 16.4. The van der Waals surface area contributed by atoms with E-state index in [1.807, 2.05) is 37.3 Å². The maximum absolute atomic E-state index is 14.1. The monoisotopic (exact) mass is 435 g/mol. The molecule has 27 heavy (non-hydrogen) atoms. The van der Waals surface area contributed by atoms with E-state index in [9.17, 15) is 8.78 Å². The molecule has 1 aliphatic rings. The van der Waals surface area contributed by atoms with Crippen molar-refractivity contribution in [3.05, 3.63) is 64.0 Å². The predicted octanol–water partition coefficient (Wildman–Crippen LogP) is 4.29. The van der Waals surface area contributed by atoms with Crippen LogP contribution in [0.4, 0.5) is 8.78 Å². The molecule has 1 aromatic carbocycles. The van der Waals surface area contributed by atoms with Gasteiger partial charge in [-0.2, -0.15) is 0 Å². The smallest absolute Gasteiger partial charge is 0.283 e. The van der Waals surface area contributed by atoms with Crippen LogP contribution in [0.5, 0.6) is 0 Å². The highest BCUT2D eigenvalue weighted by Crippen LogP contribution is 2.41. The summed E-state index contributed by atoms with van der Waals surface area (Å²) in [5, 5.41) is 10.2. The Bertz CT molecular complexity index is 958. The molecule has 2 atom stereocenters. The van der Waals surface area contributed by atoms with Crippen LogP contribution in [0.1, 0.15) is 29.9 Å². The van der Waals surface area contributed by atoms with Crippen molar-refractivity contribution < 1.29 is 13.9 Å². The summed E-state index contributed by atoms with van der Waals surface area (Å²) in [6.45, 7) is 0.252. The number of alkyl halides is 2. The van der Waals surface area contributed by atoms with Gasteiger partial charge in [-0.15, -0.1) is 0 Å². The van der Waals surface area contributed by atoms with Crippen LogP contribution < -0.4 is 0 Å². The molecule has 0 fully saturated rings. The number of pyridine rings is 1. The molecule has 142 valence electrons. The second-order valence-electron chi connectivity index (χ2n) is 7.11. The Balaban J connectivity index is 1.88. The number of nitrogens with one attached hydrogen (secondary N) is 1. The fourth-order valence-corrected chi connectivity index (χ4v) is 4.17. The van der Waals surface area contributed by atoms with E-state index in [2.05, 4.69) is 32.0 Å². The van der Waals surface area contributed by atoms with Crippen molar-refractivity contribution >= 4 is 26.8 Å². The summed E-state index contributed by atoms with van der Waals surface area (Å²) in [6, 6.07) is 11.2. The number of aliphatic hydroxyl groups excluding tert-OH is 1. The van der Waals surface area contributed by atoms with Crippen molar-refractivity contribution in [2.45, 2.75) is 31.4 Å². The summed E-state index contributed by atoms with van der Waals surface area (Å²) in [7, 11) is 0. The zero-order chi connectivity index (χ0) is 19.2. The summed E-state index contributed by atoms with van der Waals surface area (Å²) in [4.78, 5) is 9.67. The third-order valence-corrected chi connectivity index (χ3v) is 5.66. The highest BCUT2D eigenvalue weighted by Gasteiger charge is 2.42. The van der Waals surface area contributed by atoms with Gasteiger partial charge in [-0.3, -0.25) is 9.88 Å². The Hall–Kier alpha value is -1.83. The van der Waals surface area contributed by atoms with Crippen LogP contribution in [0.2, 0.25) is 0 Å². The first-order valence-electron chi connectivity index (χ1n) is 8.85. The third-order valence-electron chi connectivity index (χ3n) is 5.19. The van der Waals surface area contributed by atoms with Gasteiger partial charge in [0.05, 0.1) is 18.3 Å². The predicted molar refractivity (Wildman–Crippen MR) is 104 cm³/mol. The van der Waals surface area contributed by atoms with Gasteiger partial charge in [0.2, 0.25) is 0 Å². The molecule has 0 saturated heterocycles. The van der Waals surface area contributed by atoms with Gasteiger partial charge in [-0.25, -0.2) is 8.78 Å². The molecule has 4 nitrogen and oxygen atoms in total. The van der Waals surface area contributed by atoms with Gasteiger partial charge in [0.25, 0.3) is 5.92 Å². The third kappa shape index (κ3) is 3.39. The van der Waals surface area contributed by atoms with Crippen molar-refractivity contribution in [1.82, 2.24) is 14.9 Å². The number of halogens is 3. The molecule has 0 aliphatic carbocycles. The van der Waals surface area contributed by atoms with Gasteiger partial charge >= 0.3 is 0 Å². The number of nitrogens with zero attached hydrogens (tertiary/aromatic N) is 2. The van der Waals surface area contributed by atoms with Gasteiger partial charge < -0.3 is 10.1 Å². The minimum atomic E-state index is -3.18. The Morgan fingerprint density at radius 1 is 1.30 bits per heavy atom. The van der Waals surface area contributed by atoms with Crippen LogP contribution in [0.25, 0.3) is 10.9 Å². The van der Waals surface area contributed by atoms with Gasteiger partial charge in [0, 0.05) is 33.3 Å². The van der Waals surface area contributed by atoms with Gasteiger partial charge in [0.15, 0.2) is 0 Å². The summed E-state index contributed by atoms with van der Waals surface area (Å²) in [5.41, 5.74) is 3.74. The van der Waals surface area contributed by atoms with Crippen molar-refractivity contribution in [2.75, 3.05) is 13.2 Å². The largest absolute Gasteiger partial charge is 0.390 e. The Kier molecular flexibility index (Phi) is 4.78. The molecule has 1 aliphatic heterocycles. The quantitative estimate of drug-likeness (QED) is 0.642. The molecule has 2 aromatic heterocycles. The average Bonchev–Trinajstić information content (AvgIpc) is 3.01. The topological polar surface area (TPSA) is 52.2 Å². The molecule has 0 unspecified atom stereocenters. The molecular formula is C20H20BrF2N3O. The first-order valence-corrected chi connectivity index (χ1v) is 9.64. The number of aromatic nitrogens is 2. The highest BCUT2D eigenvalue weighted by atomic mass is 79.9. The maximum atomic E-state index is 14.1. The summed E-state index contributed by atoms with van der Waals surface area (Å²) < 4.78 is 29.1. The van der Waals surface area contributed by atoms with E-state index in [-0.39, 0.29) is 6.04 Å². The first kappa shape index (κ1) is 18.5. The molecule has 3 heterocycles. The van der Waals surface area contributed by atoms with Crippen molar-refractivity contribution in [3.63, 3.8) is 0 Å². The molecule has 4 rings (SSSR count). The van der Waals surface area contributed by atoms with Gasteiger partial charge in [0.1, 0.15) is 6.61 Å². The average molecular weight is 436 g/mol. The van der Waals surface area contributed by atoms with E-state index in [1.165, 1.54) is 0 Å². The molecule has 2 N–H and O–H groups in total. The van der Waals surface area contributed by atoms with Gasteiger partial charge in [-0.1, -0.05) is 18.2 Å². The number of fused-ring (bicyclic) bond motifs is 3. The molecule has 0 saturated carbocycles. The molecule has 0 radical (unpaired) electrons. The van der Waals surface area contributed by atoms with Crippen LogP contribution >= 0.6 is 15.9 Å². The number of H-pyrrole nitrogens is 1. The van der Waals surface area contributed by atoms with E-state index in [0.717, 1.165) is 26.6 Å². The Labute approximate surface area is 164 Å². The fourth-order valence-electron chi connectivity index (χ4n) is 3.94. The first-order chi connectivity index (χ1) is 12.9. The van der Waals surface area contributed by atoms with Crippen LogP contribution in [0.15, 0.2) is 47.1 Å². The summed E-state index contributed by atoms with van der Waals surface area (Å²) >= 11 is 3.38. The lowest BCUT2D eigenvalue weighted by Crippen LogP contribution is -2.49. The Morgan fingerprint density at radius 3 is 2.78 bits per heavy atom. The lowest BCUT2D eigenvalue weighted by atomic mass is 9.90. The second kappa shape index (κ2) is 6.96. The number of para-hydroxylation sites is 1. The molecular weight excluding hydrogens is 416 g/mol. The number of hydrogen-bond donors (Lipinski definition) is 2. The van der Waals surface area contributed by atoms with E-state index in [1.54, 1.807) is 11.1 Å². The van der Waals surface area contributed by atoms with Crippen LogP contribution in [0.3, 0.4) is 0 Å². The summed E-state index contributed by atoms with van der Waals surface area (Å²) in [6.07, 6.45) is 2.34. The fraction of sp³-hybridized carbons (Fsp3) is 0.350. The lowest BCUT2D eigenvalue weighted by Gasteiger charge is -2.41. The van der Waals surface area contributed by atoms with Gasteiger partial charge in [-0.05, 0) is 53.0 Å². The SMILES string of the molecule is C[C@@H]1Cc2c([nH]c3ccccc23)[C@H](c2ccc(Br)cn2)N1CC(F)(F)CO. The van der Waals surface area contributed by atoms with Crippen LogP contribution in [-0.2, 0) is 6.42 Å². The number of benzene rings is 1. The molecule has 7 heteroatoms. The standard InChI is InChI=1S/C20H20BrF2N3O/c1-12-8-15-14-4-2-3-5-16(14)25-18(15)19(17-7-6-13(21)9-24-17)26(12)10-20(22,23)11-27/h2-7,9,12,19,25,27H,8,10-11H2,1H3/t12-,19+/m1/s1. The highest BCUT2D eigenvalue weighted by molar-refractivity contribution is 9.10. The zero-order valence-electron chi connectivity index (χ0n) is 14.8. The molecule has 3 aromatic rings. The van der Waals surface area contributed by atoms with Crippen molar-refractivity contribution in [2.24, 2.45) is 0 Å². The van der Waals surface area contributed by atoms with Crippen LogP contribution in [-0.4, -0.2) is 45.1 Å². The van der Waals surface area contributed by atoms with Crippen molar-refractivity contribution in [1.29, 1.82) is 0 Å². The van der Waals surface area contributed by atoms with E-state index >= 15 is 0 Å². The number of rotatable bonds is 4. The number of hydrogen-bond acceptors (Lipinski definition) is 3. The minimum absolute atomic E-state index is 0.121. The van der Waals surface area contributed by atoms with E-state index in [4.69, 9.17) is 5.11 Å². The normalized spacial score (nSPS) is 20.8. The maximum Gasteiger partial charge on any atom is 0.283 e. The van der Waals surface area contributed by atoms with E-state index in [0.29, 0.717) is 12.1 Å². The molecule has 0 amide bonds. The molecule has 0 spiro atoms. The van der Waals surface area contributed by atoms with Crippen LogP contribution in [0, 0.1) is 0 Å². The van der Waals surface area contributed by atoms with Crippen molar-refractivity contribution in [3.8, 4) is 0 Å². The minimum Gasteiger partial charge on any atom is -0.390 e. The number of aromatic amines is 1. The Morgan fingerprint density at radius 2 is 2.07 bits per heavy atom. The molecule has 0 bridgehead atoms. The lowest BCUT2D eigenvalue weighted by molar-refractivity contribution is -0.0867. The second-order valence-corrected chi connectivity index (χ2v) is 8.02.